The van der Waals surface area contributed by atoms with E-state index in [2.05, 4.69) is 5.32 Å². The highest BCUT2D eigenvalue weighted by molar-refractivity contribution is 8.14. The van der Waals surface area contributed by atoms with Gasteiger partial charge in [0.05, 0.1) is 10.9 Å². The van der Waals surface area contributed by atoms with Crippen molar-refractivity contribution >= 4 is 40.3 Å². The van der Waals surface area contributed by atoms with E-state index in [0.717, 1.165) is 22.2 Å². The molecule has 2 aromatic carbocycles. The van der Waals surface area contributed by atoms with E-state index < -0.39 is 35.6 Å². The van der Waals surface area contributed by atoms with Gasteiger partial charge in [0.1, 0.15) is 24.9 Å². The Morgan fingerprint density at radius 3 is 2.52 bits per heavy atom. The summed E-state index contributed by atoms with van der Waals surface area (Å²) in [6, 6.07) is 14.7. The molecule has 0 unspecified atom stereocenters. The van der Waals surface area contributed by atoms with Crippen molar-refractivity contribution in [1.82, 2.24) is 5.32 Å². The van der Waals surface area contributed by atoms with Gasteiger partial charge in [-0.2, -0.15) is 0 Å². The van der Waals surface area contributed by atoms with Gasteiger partial charge in [0.25, 0.3) is 5.91 Å². The molecule has 0 saturated heterocycles. The Balaban J connectivity index is 1.80. The van der Waals surface area contributed by atoms with Gasteiger partial charge in [-0.15, -0.1) is 0 Å². The molecule has 0 radical (unpaired) electrons. The monoisotopic (exact) mass is 442 g/mol. The number of thioether (sulfide) groups is 1. The first-order valence-electron chi connectivity index (χ1n) is 9.61. The smallest absolute Gasteiger partial charge is 0.323 e. The molecule has 162 valence electrons. The van der Waals surface area contributed by atoms with Crippen LogP contribution in [0.5, 0.6) is 5.75 Å². The first kappa shape index (κ1) is 22.4. The Morgan fingerprint density at radius 2 is 1.84 bits per heavy atom. The molecule has 2 aromatic rings. The second-order valence-corrected chi connectivity index (χ2v) is 8.33. The van der Waals surface area contributed by atoms with Crippen molar-refractivity contribution in [3.8, 4) is 5.75 Å². The molecule has 0 saturated carbocycles. The maximum atomic E-state index is 13.1. The number of carboxylic acids is 1. The van der Waals surface area contributed by atoms with E-state index in [1.54, 1.807) is 24.3 Å². The summed E-state index contributed by atoms with van der Waals surface area (Å²) in [7, 11) is 0. The summed E-state index contributed by atoms with van der Waals surface area (Å²) >= 11 is 0.886. The van der Waals surface area contributed by atoms with Gasteiger partial charge in [0.2, 0.25) is 5.91 Å². The van der Waals surface area contributed by atoms with Crippen molar-refractivity contribution < 1.29 is 29.0 Å². The fraction of sp³-hybridized carbons (Fsp3) is 0.273. The molecule has 2 N–H and O–H groups in total. The Bertz CT molecular complexity index is 981. The number of ether oxygens (including phenoxy) is 1. The third kappa shape index (κ3) is 5.85. The molecular formula is C22H22N2O6S. The molecule has 1 aliphatic rings. The molecule has 8 nitrogen and oxygen atoms in total. The fourth-order valence-electron chi connectivity index (χ4n) is 3.24. The minimum Gasteiger partial charge on any atom is -0.489 e. The molecule has 0 aliphatic carbocycles. The number of anilines is 1. The lowest BCUT2D eigenvalue weighted by molar-refractivity contribution is -0.137. The lowest BCUT2D eigenvalue weighted by atomic mass is 10.1. The Morgan fingerprint density at radius 1 is 1.16 bits per heavy atom. The quantitative estimate of drug-likeness (QED) is 0.673. The number of hydrogen-bond donors (Lipinski definition) is 2. The van der Waals surface area contributed by atoms with Gasteiger partial charge in [0.15, 0.2) is 5.12 Å². The van der Waals surface area contributed by atoms with Crippen LogP contribution in [0.25, 0.3) is 0 Å². The van der Waals surface area contributed by atoms with E-state index in [0.29, 0.717) is 17.9 Å². The summed E-state index contributed by atoms with van der Waals surface area (Å²) < 4.78 is 5.68. The summed E-state index contributed by atoms with van der Waals surface area (Å²) in [4.78, 5) is 50.2. The lowest BCUT2D eigenvalue weighted by Crippen LogP contribution is -2.53. The van der Waals surface area contributed by atoms with Crippen LogP contribution < -0.4 is 15.0 Å². The average Bonchev–Trinajstić information content (AvgIpc) is 2.86. The molecule has 0 spiro atoms. The molecule has 3 rings (SSSR count). The lowest BCUT2D eigenvalue weighted by Gasteiger charge is -2.24. The zero-order chi connectivity index (χ0) is 22.4. The number of carbonyl (C=O) groups excluding carboxylic acids is 3. The first-order chi connectivity index (χ1) is 14.8. The molecular weight excluding hydrogens is 420 g/mol. The van der Waals surface area contributed by atoms with Crippen molar-refractivity contribution in [2.45, 2.75) is 24.6 Å². The highest BCUT2D eigenvalue weighted by atomic mass is 32.2. The van der Waals surface area contributed by atoms with Gasteiger partial charge < -0.3 is 15.2 Å². The SMILES string of the molecule is CC(=O)S[C@H](Cc1ccccc1)C(=O)N[C@@H]1COc2ccccc2N(CC(=O)O)C1=O. The van der Waals surface area contributed by atoms with Crippen LogP contribution in [0.15, 0.2) is 54.6 Å². The number of amides is 2. The zero-order valence-corrected chi connectivity index (χ0v) is 17.6. The van der Waals surface area contributed by atoms with Crippen LogP contribution in [-0.2, 0) is 25.6 Å². The molecule has 0 bridgehead atoms. The number of aliphatic carboxylic acids is 1. The first-order valence-corrected chi connectivity index (χ1v) is 10.5. The largest absolute Gasteiger partial charge is 0.489 e. The Labute approximate surface area is 183 Å². The maximum Gasteiger partial charge on any atom is 0.323 e. The normalized spacial score (nSPS) is 16.5. The average molecular weight is 442 g/mol. The highest BCUT2D eigenvalue weighted by Crippen LogP contribution is 2.31. The summed E-state index contributed by atoms with van der Waals surface area (Å²) in [6.07, 6.45) is 0.303. The molecule has 0 fully saturated rings. The molecule has 1 heterocycles. The molecule has 9 heteroatoms. The van der Waals surface area contributed by atoms with E-state index in [1.165, 1.54) is 6.92 Å². The summed E-state index contributed by atoms with van der Waals surface area (Å²) in [5.41, 5.74) is 1.20. The molecule has 2 atom stereocenters. The van der Waals surface area contributed by atoms with Crippen molar-refractivity contribution in [3.63, 3.8) is 0 Å². The second-order valence-electron chi connectivity index (χ2n) is 6.95. The predicted octanol–water partition coefficient (Wildman–Crippen LogP) is 1.87. The second kappa shape index (κ2) is 10.1. The zero-order valence-electron chi connectivity index (χ0n) is 16.8. The summed E-state index contributed by atoms with van der Waals surface area (Å²) in [5.74, 6) is -1.92. The maximum absolute atomic E-state index is 13.1. The minimum absolute atomic E-state index is 0.152. The molecule has 1 aliphatic heterocycles. The third-order valence-corrected chi connectivity index (χ3v) is 5.60. The van der Waals surface area contributed by atoms with Gasteiger partial charge in [0, 0.05) is 6.92 Å². The van der Waals surface area contributed by atoms with E-state index in [9.17, 15) is 24.3 Å². The van der Waals surface area contributed by atoms with Gasteiger partial charge in [-0.25, -0.2) is 0 Å². The van der Waals surface area contributed by atoms with Crippen molar-refractivity contribution in [2.75, 3.05) is 18.1 Å². The van der Waals surface area contributed by atoms with Gasteiger partial charge >= 0.3 is 5.97 Å². The van der Waals surface area contributed by atoms with E-state index in [1.807, 2.05) is 30.3 Å². The summed E-state index contributed by atoms with van der Waals surface area (Å²) in [6.45, 7) is 0.656. The Kier molecular flexibility index (Phi) is 7.30. The van der Waals surface area contributed by atoms with Gasteiger partial charge in [-0.3, -0.25) is 24.1 Å². The van der Waals surface area contributed by atoms with Crippen LogP contribution in [0.4, 0.5) is 5.69 Å². The number of para-hydroxylation sites is 2. The number of rotatable bonds is 7. The number of benzene rings is 2. The van der Waals surface area contributed by atoms with Gasteiger partial charge in [-0.05, 0) is 24.1 Å². The standard InChI is InChI=1S/C22H22N2O6S/c1-14(25)31-19(11-15-7-3-2-4-8-15)21(28)23-16-13-30-18-10-6-5-9-17(18)24(22(16)29)12-20(26)27/h2-10,16,19H,11-13H2,1H3,(H,23,28)(H,26,27)/t16-,19-/m1/s1. The van der Waals surface area contributed by atoms with E-state index in [-0.39, 0.29) is 11.7 Å². The van der Waals surface area contributed by atoms with Crippen molar-refractivity contribution in [3.05, 3.63) is 60.2 Å². The van der Waals surface area contributed by atoms with Crippen LogP contribution in [0, 0.1) is 0 Å². The number of carbonyl (C=O) groups is 4. The minimum atomic E-state index is -1.19. The number of nitrogens with zero attached hydrogens (tertiary/aromatic N) is 1. The Hall–Kier alpha value is -3.33. The van der Waals surface area contributed by atoms with Crippen LogP contribution in [0.1, 0.15) is 12.5 Å². The fourth-order valence-corrected chi connectivity index (χ4v) is 4.09. The van der Waals surface area contributed by atoms with E-state index in [4.69, 9.17) is 4.74 Å². The van der Waals surface area contributed by atoms with E-state index >= 15 is 0 Å². The highest BCUT2D eigenvalue weighted by Gasteiger charge is 2.35. The molecule has 0 aromatic heterocycles. The topological polar surface area (TPSA) is 113 Å². The van der Waals surface area contributed by atoms with Crippen LogP contribution in [-0.4, -0.2) is 52.4 Å². The molecule has 31 heavy (non-hydrogen) atoms. The number of nitrogens with one attached hydrogen (secondary N) is 1. The number of hydrogen-bond acceptors (Lipinski definition) is 6. The van der Waals surface area contributed by atoms with Gasteiger partial charge in [-0.1, -0.05) is 54.2 Å². The molecule has 2 amide bonds. The number of carboxylic acid groups (broad SMARTS) is 1. The number of fused-ring (bicyclic) bond motifs is 1. The van der Waals surface area contributed by atoms with Crippen molar-refractivity contribution in [2.24, 2.45) is 0 Å². The van der Waals surface area contributed by atoms with Crippen LogP contribution >= 0.6 is 11.8 Å². The van der Waals surface area contributed by atoms with Crippen LogP contribution in [0.2, 0.25) is 0 Å². The van der Waals surface area contributed by atoms with Crippen LogP contribution in [0.3, 0.4) is 0 Å². The van der Waals surface area contributed by atoms with Crippen molar-refractivity contribution in [1.29, 1.82) is 0 Å². The predicted molar refractivity (Wildman–Crippen MR) is 116 cm³/mol. The summed E-state index contributed by atoms with van der Waals surface area (Å²) in [5, 5.41) is 10.9. The third-order valence-electron chi connectivity index (χ3n) is 4.60.